The molecule has 0 spiro atoms. The van der Waals surface area contributed by atoms with Crippen molar-refractivity contribution in [1.29, 1.82) is 0 Å². The molecule has 0 saturated heterocycles. The van der Waals surface area contributed by atoms with Gasteiger partial charge in [0.15, 0.2) is 0 Å². The van der Waals surface area contributed by atoms with Gasteiger partial charge in [-0.05, 0) is 37.1 Å². The van der Waals surface area contributed by atoms with E-state index in [1.54, 1.807) is 12.5 Å². The lowest BCUT2D eigenvalue weighted by Gasteiger charge is -2.23. The van der Waals surface area contributed by atoms with Gasteiger partial charge in [-0.15, -0.1) is 0 Å². The molecule has 0 amide bonds. The van der Waals surface area contributed by atoms with E-state index in [9.17, 15) is 0 Å². The monoisotopic (exact) mass is 292 g/mol. The zero-order valence-electron chi connectivity index (χ0n) is 12.6. The maximum absolute atomic E-state index is 5.45. The summed E-state index contributed by atoms with van der Waals surface area (Å²) in [6.07, 6.45) is 10.2. The van der Waals surface area contributed by atoms with Crippen LogP contribution in [-0.2, 0) is 0 Å². The third kappa shape index (κ3) is 2.59. The molecule has 0 bridgehead atoms. The van der Waals surface area contributed by atoms with Crippen LogP contribution in [0.5, 0.6) is 0 Å². The zero-order valence-corrected chi connectivity index (χ0v) is 12.6. The standard InChI is InChI=1S/C19H20N2O/c1-2-4-15(5-3-1)21-16-8-6-14(7-9-16)19-17-11-13-22-18(17)10-12-20-19/h6-13,15,21H,1-5H2. The van der Waals surface area contributed by atoms with Gasteiger partial charge in [-0.2, -0.15) is 0 Å². The van der Waals surface area contributed by atoms with Crippen LogP contribution in [-0.4, -0.2) is 11.0 Å². The summed E-state index contributed by atoms with van der Waals surface area (Å²) in [6.45, 7) is 0. The molecule has 3 aromatic rings. The van der Waals surface area contributed by atoms with Crippen molar-refractivity contribution in [1.82, 2.24) is 4.98 Å². The Kier molecular flexibility index (Phi) is 3.55. The Balaban J connectivity index is 1.57. The molecule has 1 fully saturated rings. The van der Waals surface area contributed by atoms with Crippen molar-refractivity contribution in [2.45, 2.75) is 38.1 Å². The van der Waals surface area contributed by atoms with Gasteiger partial charge < -0.3 is 9.73 Å². The highest BCUT2D eigenvalue weighted by molar-refractivity contribution is 5.91. The predicted octanol–water partition coefficient (Wildman–Crippen LogP) is 5.24. The number of nitrogens with zero attached hydrogens (tertiary/aromatic N) is 1. The fraction of sp³-hybridized carbons (Fsp3) is 0.316. The van der Waals surface area contributed by atoms with E-state index in [2.05, 4.69) is 34.6 Å². The first kappa shape index (κ1) is 13.4. The first-order valence-corrected chi connectivity index (χ1v) is 8.09. The van der Waals surface area contributed by atoms with E-state index < -0.39 is 0 Å². The summed E-state index contributed by atoms with van der Waals surface area (Å²) in [5, 5.41) is 4.72. The number of anilines is 1. The Labute approximate surface area is 130 Å². The molecule has 1 N–H and O–H groups in total. The molecule has 112 valence electrons. The van der Waals surface area contributed by atoms with Crippen molar-refractivity contribution in [3.8, 4) is 11.3 Å². The number of benzene rings is 1. The number of fused-ring (bicyclic) bond motifs is 1. The van der Waals surface area contributed by atoms with Gasteiger partial charge in [0.05, 0.1) is 12.0 Å². The van der Waals surface area contributed by atoms with Crippen LogP contribution in [0.3, 0.4) is 0 Å². The van der Waals surface area contributed by atoms with E-state index in [0.717, 1.165) is 22.2 Å². The molecule has 0 radical (unpaired) electrons. The maximum Gasteiger partial charge on any atom is 0.137 e. The SMILES string of the molecule is c1cc2occc2c(-c2ccc(NC3CCCCC3)cc2)n1. The molecule has 1 aliphatic carbocycles. The second-order valence-electron chi connectivity index (χ2n) is 6.05. The third-order valence-electron chi connectivity index (χ3n) is 4.51. The summed E-state index contributed by atoms with van der Waals surface area (Å²) in [5.41, 5.74) is 4.20. The van der Waals surface area contributed by atoms with E-state index in [1.165, 1.54) is 37.8 Å². The Morgan fingerprint density at radius 1 is 0.955 bits per heavy atom. The molecular formula is C19H20N2O. The highest BCUT2D eigenvalue weighted by Gasteiger charge is 2.13. The molecule has 1 saturated carbocycles. The van der Waals surface area contributed by atoms with Crippen molar-refractivity contribution >= 4 is 16.7 Å². The van der Waals surface area contributed by atoms with Crippen LogP contribution in [0.15, 0.2) is 53.3 Å². The Morgan fingerprint density at radius 2 is 1.77 bits per heavy atom. The Hall–Kier alpha value is -2.29. The molecule has 0 atom stereocenters. The predicted molar refractivity (Wildman–Crippen MR) is 89.9 cm³/mol. The smallest absolute Gasteiger partial charge is 0.137 e. The van der Waals surface area contributed by atoms with Gasteiger partial charge >= 0.3 is 0 Å². The van der Waals surface area contributed by atoms with Gasteiger partial charge in [0, 0.05) is 28.9 Å². The fourth-order valence-electron chi connectivity index (χ4n) is 3.33. The summed E-state index contributed by atoms with van der Waals surface area (Å²) in [4.78, 5) is 4.51. The minimum Gasteiger partial charge on any atom is -0.464 e. The second kappa shape index (κ2) is 5.84. The van der Waals surface area contributed by atoms with Crippen LogP contribution in [0.25, 0.3) is 22.2 Å². The number of rotatable bonds is 3. The van der Waals surface area contributed by atoms with Crippen LogP contribution < -0.4 is 5.32 Å². The van der Waals surface area contributed by atoms with Crippen molar-refractivity contribution < 1.29 is 4.42 Å². The average Bonchev–Trinajstić information content (AvgIpc) is 3.05. The molecule has 3 heteroatoms. The first-order chi connectivity index (χ1) is 10.9. The summed E-state index contributed by atoms with van der Waals surface area (Å²) in [5.74, 6) is 0. The summed E-state index contributed by atoms with van der Waals surface area (Å²) in [6, 6.07) is 13.1. The van der Waals surface area contributed by atoms with Gasteiger partial charge in [0.2, 0.25) is 0 Å². The number of nitrogens with one attached hydrogen (secondary N) is 1. The Morgan fingerprint density at radius 3 is 2.59 bits per heavy atom. The number of hydrogen-bond acceptors (Lipinski definition) is 3. The van der Waals surface area contributed by atoms with Gasteiger partial charge in [-0.25, -0.2) is 0 Å². The minimum absolute atomic E-state index is 0.634. The number of furan rings is 1. The minimum atomic E-state index is 0.634. The molecule has 2 aromatic heterocycles. The molecule has 22 heavy (non-hydrogen) atoms. The lowest BCUT2D eigenvalue weighted by atomic mass is 9.95. The van der Waals surface area contributed by atoms with E-state index in [1.807, 2.05) is 12.1 Å². The van der Waals surface area contributed by atoms with Gasteiger partial charge in [0.1, 0.15) is 5.58 Å². The molecule has 3 nitrogen and oxygen atoms in total. The lowest BCUT2D eigenvalue weighted by Crippen LogP contribution is -2.22. The molecular weight excluding hydrogens is 272 g/mol. The zero-order chi connectivity index (χ0) is 14.8. The van der Waals surface area contributed by atoms with Gasteiger partial charge in [-0.3, -0.25) is 4.98 Å². The maximum atomic E-state index is 5.45. The lowest BCUT2D eigenvalue weighted by molar-refractivity contribution is 0.463. The highest BCUT2D eigenvalue weighted by Crippen LogP contribution is 2.28. The van der Waals surface area contributed by atoms with Crippen molar-refractivity contribution in [3.63, 3.8) is 0 Å². The van der Waals surface area contributed by atoms with E-state index >= 15 is 0 Å². The van der Waals surface area contributed by atoms with Crippen LogP contribution >= 0.6 is 0 Å². The van der Waals surface area contributed by atoms with Gasteiger partial charge in [0.25, 0.3) is 0 Å². The molecule has 0 unspecified atom stereocenters. The molecule has 0 aliphatic heterocycles. The number of aromatic nitrogens is 1. The first-order valence-electron chi connectivity index (χ1n) is 8.09. The highest BCUT2D eigenvalue weighted by atomic mass is 16.3. The summed E-state index contributed by atoms with van der Waals surface area (Å²) >= 11 is 0. The van der Waals surface area contributed by atoms with E-state index in [-0.39, 0.29) is 0 Å². The Bertz CT molecular complexity index is 754. The topological polar surface area (TPSA) is 38.1 Å². The van der Waals surface area contributed by atoms with Crippen LogP contribution in [0.4, 0.5) is 5.69 Å². The van der Waals surface area contributed by atoms with Crippen molar-refractivity contribution in [2.24, 2.45) is 0 Å². The van der Waals surface area contributed by atoms with Crippen LogP contribution in [0.2, 0.25) is 0 Å². The largest absolute Gasteiger partial charge is 0.464 e. The van der Waals surface area contributed by atoms with Gasteiger partial charge in [-0.1, -0.05) is 31.4 Å². The van der Waals surface area contributed by atoms with Crippen molar-refractivity contribution in [2.75, 3.05) is 5.32 Å². The average molecular weight is 292 g/mol. The summed E-state index contributed by atoms with van der Waals surface area (Å²) in [7, 11) is 0. The fourth-order valence-corrected chi connectivity index (χ4v) is 3.33. The molecule has 4 rings (SSSR count). The van der Waals surface area contributed by atoms with E-state index in [4.69, 9.17) is 4.42 Å². The summed E-state index contributed by atoms with van der Waals surface area (Å²) < 4.78 is 5.45. The number of hydrogen-bond donors (Lipinski definition) is 1. The normalized spacial score (nSPS) is 16.0. The van der Waals surface area contributed by atoms with Crippen LogP contribution in [0, 0.1) is 0 Å². The number of pyridine rings is 1. The van der Waals surface area contributed by atoms with E-state index in [0.29, 0.717) is 6.04 Å². The third-order valence-corrected chi connectivity index (χ3v) is 4.51. The molecule has 2 heterocycles. The van der Waals surface area contributed by atoms with Crippen molar-refractivity contribution in [3.05, 3.63) is 48.9 Å². The molecule has 1 aromatic carbocycles. The van der Waals surface area contributed by atoms with Crippen LogP contribution in [0.1, 0.15) is 32.1 Å². The molecule has 1 aliphatic rings. The second-order valence-corrected chi connectivity index (χ2v) is 6.05. The quantitative estimate of drug-likeness (QED) is 0.717.